The molecule has 2 aliphatic carbocycles. The first-order valence-electron chi connectivity index (χ1n) is 10.1. The largest absolute Gasteiger partial charge is 0.493 e. The molecule has 28 heavy (non-hydrogen) atoms. The lowest BCUT2D eigenvalue weighted by Gasteiger charge is -2.35. The van der Waals surface area contributed by atoms with Crippen LogP contribution in [-0.2, 0) is 11.8 Å². The molecule has 6 heteroatoms. The molecule has 1 aromatic heterocycles. The summed E-state index contributed by atoms with van der Waals surface area (Å²) in [6.07, 6.45) is 6.16. The molecule has 0 radical (unpaired) electrons. The van der Waals surface area contributed by atoms with Crippen LogP contribution < -0.4 is 9.47 Å². The SMILES string of the molecule is CC(C(=O)O)C(c1cccc(OCC2CC(Oc3ccnn3C)C2)c1)C1CC1. The number of carboxylic acids is 1. The van der Waals surface area contributed by atoms with E-state index in [4.69, 9.17) is 9.47 Å². The summed E-state index contributed by atoms with van der Waals surface area (Å²) in [5, 5.41) is 13.6. The van der Waals surface area contributed by atoms with Crippen LogP contribution in [0.5, 0.6) is 11.6 Å². The Kier molecular flexibility index (Phi) is 5.29. The van der Waals surface area contributed by atoms with Crippen LogP contribution in [0.1, 0.15) is 44.1 Å². The fraction of sp³-hybridized carbons (Fsp3) is 0.545. The Bertz CT molecular complexity index is 823. The number of benzene rings is 1. The van der Waals surface area contributed by atoms with Gasteiger partial charge in [-0.05, 0) is 61.1 Å². The van der Waals surface area contributed by atoms with E-state index < -0.39 is 5.97 Å². The zero-order valence-corrected chi connectivity index (χ0v) is 16.5. The van der Waals surface area contributed by atoms with E-state index in [-0.39, 0.29) is 17.9 Å². The second kappa shape index (κ2) is 7.86. The van der Waals surface area contributed by atoms with Crippen molar-refractivity contribution in [1.82, 2.24) is 9.78 Å². The zero-order chi connectivity index (χ0) is 19.7. The van der Waals surface area contributed by atoms with Gasteiger partial charge in [-0.2, -0.15) is 5.10 Å². The highest BCUT2D eigenvalue weighted by molar-refractivity contribution is 5.71. The Balaban J connectivity index is 1.30. The number of aryl methyl sites for hydroxylation is 1. The van der Waals surface area contributed by atoms with Crippen LogP contribution in [0, 0.1) is 17.8 Å². The lowest BCUT2D eigenvalue weighted by Crippen LogP contribution is -2.37. The Hall–Kier alpha value is -2.50. The third-order valence-corrected chi connectivity index (χ3v) is 6.04. The molecular weight excluding hydrogens is 356 g/mol. The Morgan fingerprint density at radius 2 is 2.11 bits per heavy atom. The first-order valence-corrected chi connectivity index (χ1v) is 10.1. The van der Waals surface area contributed by atoms with Crippen LogP contribution in [0.4, 0.5) is 0 Å². The number of nitrogens with zero attached hydrogens (tertiary/aromatic N) is 2. The van der Waals surface area contributed by atoms with Gasteiger partial charge in [-0.1, -0.05) is 19.1 Å². The molecule has 2 fully saturated rings. The predicted molar refractivity (Wildman–Crippen MR) is 105 cm³/mol. The van der Waals surface area contributed by atoms with Gasteiger partial charge in [0, 0.05) is 13.1 Å². The summed E-state index contributed by atoms with van der Waals surface area (Å²) in [7, 11) is 1.88. The second-order valence-electron chi connectivity index (χ2n) is 8.24. The summed E-state index contributed by atoms with van der Waals surface area (Å²) >= 11 is 0. The monoisotopic (exact) mass is 384 g/mol. The van der Waals surface area contributed by atoms with E-state index in [0.29, 0.717) is 18.4 Å². The molecular formula is C22H28N2O4. The molecule has 0 saturated heterocycles. The molecule has 0 bridgehead atoms. The highest BCUT2D eigenvalue weighted by atomic mass is 16.5. The van der Waals surface area contributed by atoms with Gasteiger partial charge in [0.1, 0.15) is 11.9 Å². The van der Waals surface area contributed by atoms with Gasteiger partial charge in [-0.25, -0.2) is 4.68 Å². The second-order valence-corrected chi connectivity index (χ2v) is 8.24. The van der Waals surface area contributed by atoms with Gasteiger partial charge < -0.3 is 14.6 Å². The fourth-order valence-electron chi connectivity index (χ4n) is 4.16. The average molecular weight is 384 g/mol. The van der Waals surface area contributed by atoms with E-state index in [1.165, 1.54) is 0 Å². The molecule has 2 aromatic rings. The molecule has 150 valence electrons. The first kappa shape index (κ1) is 18.8. The average Bonchev–Trinajstić information content (AvgIpc) is 3.39. The number of hydrogen-bond donors (Lipinski definition) is 1. The normalized spacial score (nSPS) is 23.5. The maximum Gasteiger partial charge on any atom is 0.306 e. The Labute approximate surface area is 165 Å². The van der Waals surface area contributed by atoms with Crippen LogP contribution in [0.3, 0.4) is 0 Å². The van der Waals surface area contributed by atoms with E-state index in [2.05, 4.69) is 5.10 Å². The van der Waals surface area contributed by atoms with Crippen molar-refractivity contribution >= 4 is 5.97 Å². The van der Waals surface area contributed by atoms with Crippen molar-refractivity contribution in [2.45, 2.75) is 44.6 Å². The molecule has 2 atom stereocenters. The first-order chi connectivity index (χ1) is 13.5. The highest BCUT2D eigenvalue weighted by Gasteiger charge is 2.38. The lowest BCUT2D eigenvalue weighted by atomic mass is 9.82. The quantitative estimate of drug-likeness (QED) is 0.710. The summed E-state index contributed by atoms with van der Waals surface area (Å²) in [6, 6.07) is 9.88. The number of ether oxygens (including phenoxy) is 2. The van der Waals surface area contributed by atoms with Crippen molar-refractivity contribution in [3.05, 3.63) is 42.1 Å². The van der Waals surface area contributed by atoms with E-state index >= 15 is 0 Å². The highest BCUT2D eigenvalue weighted by Crippen LogP contribution is 2.47. The molecule has 0 aliphatic heterocycles. The summed E-state index contributed by atoms with van der Waals surface area (Å²) in [5.74, 6) is 1.57. The van der Waals surface area contributed by atoms with Gasteiger partial charge in [0.15, 0.2) is 0 Å². The fourth-order valence-corrected chi connectivity index (χ4v) is 4.16. The molecule has 6 nitrogen and oxygen atoms in total. The molecule has 0 spiro atoms. The molecule has 2 saturated carbocycles. The van der Waals surface area contributed by atoms with Crippen LogP contribution in [0.2, 0.25) is 0 Å². The van der Waals surface area contributed by atoms with Crippen molar-refractivity contribution in [3.63, 3.8) is 0 Å². The third kappa shape index (κ3) is 4.16. The minimum atomic E-state index is -0.725. The minimum absolute atomic E-state index is 0.0708. The zero-order valence-electron chi connectivity index (χ0n) is 16.5. The van der Waals surface area contributed by atoms with Crippen molar-refractivity contribution in [2.75, 3.05) is 6.61 Å². The predicted octanol–water partition coefficient (Wildman–Crippen LogP) is 3.87. The molecule has 0 amide bonds. The molecule has 2 aliphatic rings. The van der Waals surface area contributed by atoms with Crippen LogP contribution in [0.15, 0.2) is 36.5 Å². The lowest BCUT2D eigenvalue weighted by molar-refractivity contribution is -0.142. The van der Waals surface area contributed by atoms with Crippen LogP contribution in [0.25, 0.3) is 0 Å². The van der Waals surface area contributed by atoms with E-state index in [1.54, 1.807) is 10.9 Å². The summed E-state index contributed by atoms with van der Waals surface area (Å²) in [6.45, 7) is 2.48. The summed E-state index contributed by atoms with van der Waals surface area (Å²) in [4.78, 5) is 11.5. The van der Waals surface area contributed by atoms with Gasteiger partial charge in [-0.3, -0.25) is 4.79 Å². The summed E-state index contributed by atoms with van der Waals surface area (Å²) < 4.78 is 13.7. The van der Waals surface area contributed by atoms with Gasteiger partial charge in [0.2, 0.25) is 5.88 Å². The van der Waals surface area contributed by atoms with E-state index in [9.17, 15) is 9.90 Å². The van der Waals surface area contributed by atoms with Crippen LogP contribution >= 0.6 is 0 Å². The number of aliphatic carboxylic acids is 1. The molecule has 1 heterocycles. The number of carboxylic acid groups (broad SMARTS) is 1. The van der Waals surface area contributed by atoms with E-state index in [0.717, 1.165) is 42.9 Å². The van der Waals surface area contributed by atoms with E-state index in [1.807, 2.05) is 44.3 Å². The Morgan fingerprint density at radius 1 is 1.32 bits per heavy atom. The van der Waals surface area contributed by atoms with Crippen molar-refractivity contribution < 1.29 is 19.4 Å². The molecule has 1 aromatic carbocycles. The van der Waals surface area contributed by atoms with Crippen LogP contribution in [-0.4, -0.2) is 33.6 Å². The number of aromatic nitrogens is 2. The topological polar surface area (TPSA) is 73.6 Å². The maximum atomic E-state index is 11.5. The number of rotatable bonds is 9. The Morgan fingerprint density at radius 3 is 2.75 bits per heavy atom. The van der Waals surface area contributed by atoms with Gasteiger partial charge >= 0.3 is 5.97 Å². The van der Waals surface area contributed by atoms with Gasteiger partial charge in [0.05, 0.1) is 18.7 Å². The van der Waals surface area contributed by atoms with Crippen molar-refractivity contribution in [3.8, 4) is 11.6 Å². The van der Waals surface area contributed by atoms with Gasteiger partial charge in [-0.15, -0.1) is 0 Å². The maximum absolute atomic E-state index is 11.5. The molecule has 1 N–H and O–H groups in total. The molecule has 2 unspecified atom stereocenters. The third-order valence-electron chi connectivity index (χ3n) is 6.04. The van der Waals surface area contributed by atoms with Gasteiger partial charge in [0.25, 0.3) is 0 Å². The molecule has 4 rings (SSSR count). The van der Waals surface area contributed by atoms with Crippen molar-refractivity contribution in [1.29, 1.82) is 0 Å². The number of carbonyl (C=O) groups is 1. The summed E-state index contributed by atoms with van der Waals surface area (Å²) in [5.41, 5.74) is 1.08. The smallest absolute Gasteiger partial charge is 0.306 e. The van der Waals surface area contributed by atoms with Crippen molar-refractivity contribution in [2.24, 2.45) is 24.8 Å². The minimum Gasteiger partial charge on any atom is -0.493 e. The standard InChI is InChI=1S/C22H28N2O4/c1-14(22(25)26)21(16-6-7-16)17-4-3-5-18(12-17)27-13-15-10-19(11-15)28-20-8-9-23-24(20)2/h3-5,8-9,12,14-16,19,21H,6-7,10-11,13H2,1-2H3,(H,25,26). The number of hydrogen-bond acceptors (Lipinski definition) is 4.